The number of amides is 1. The molecule has 4 heteroatoms. The summed E-state index contributed by atoms with van der Waals surface area (Å²) in [6, 6.07) is 7.13. The molecule has 4 rings (SSSR count). The van der Waals surface area contributed by atoms with E-state index < -0.39 is 11.5 Å². The smallest absolute Gasteiger partial charge is 0.230 e. The fourth-order valence-corrected chi connectivity index (χ4v) is 6.39. The quantitative estimate of drug-likeness (QED) is 0.585. The molecule has 1 heterocycles. The topological polar surface area (TPSA) is 69.6 Å². The van der Waals surface area contributed by atoms with E-state index in [-0.39, 0.29) is 35.5 Å². The van der Waals surface area contributed by atoms with E-state index >= 15 is 0 Å². The molecule has 1 aromatic rings. The van der Waals surface area contributed by atoms with Crippen LogP contribution in [0.3, 0.4) is 0 Å². The third-order valence-corrected chi connectivity index (χ3v) is 8.11. The maximum absolute atomic E-state index is 13.8. The van der Waals surface area contributed by atoms with Gasteiger partial charge in [-0.15, -0.1) is 0 Å². The van der Waals surface area contributed by atoms with Gasteiger partial charge < -0.3 is 15.5 Å². The zero-order chi connectivity index (χ0) is 23.0. The van der Waals surface area contributed by atoms with Crippen molar-refractivity contribution in [2.45, 2.75) is 59.1 Å². The molecular weight excluding hydrogens is 398 g/mol. The Morgan fingerprint density at radius 2 is 1.81 bits per heavy atom. The minimum Gasteiger partial charge on any atom is -0.508 e. The highest BCUT2D eigenvalue weighted by molar-refractivity contribution is 5.88. The van der Waals surface area contributed by atoms with E-state index in [0.717, 1.165) is 18.4 Å². The lowest BCUT2D eigenvalue weighted by molar-refractivity contribution is -0.138. The van der Waals surface area contributed by atoms with Gasteiger partial charge in [-0.25, -0.2) is 0 Å². The molecule has 1 amide bonds. The molecule has 0 saturated carbocycles. The molecule has 1 aliphatic heterocycles. The molecule has 3 aliphatic rings. The van der Waals surface area contributed by atoms with Crippen LogP contribution >= 0.6 is 0 Å². The summed E-state index contributed by atoms with van der Waals surface area (Å²) >= 11 is 0. The Labute approximate surface area is 192 Å². The third kappa shape index (κ3) is 3.94. The molecule has 1 spiro atoms. The molecular formula is C28H37NO3. The van der Waals surface area contributed by atoms with Crippen LogP contribution in [0.2, 0.25) is 0 Å². The average molecular weight is 436 g/mol. The van der Waals surface area contributed by atoms with Gasteiger partial charge in [0.15, 0.2) is 0 Å². The number of rotatable bonds is 2. The summed E-state index contributed by atoms with van der Waals surface area (Å²) in [6.45, 7) is 8.79. The summed E-state index contributed by atoms with van der Waals surface area (Å²) < 4.78 is 0. The van der Waals surface area contributed by atoms with Crippen molar-refractivity contribution in [1.29, 1.82) is 0 Å². The van der Waals surface area contributed by atoms with E-state index in [1.807, 2.05) is 18.2 Å². The summed E-state index contributed by atoms with van der Waals surface area (Å²) in [5.41, 5.74) is 1.43. The molecule has 1 fully saturated rings. The molecule has 172 valence electrons. The molecule has 1 aromatic carbocycles. The predicted molar refractivity (Wildman–Crippen MR) is 128 cm³/mol. The summed E-state index contributed by atoms with van der Waals surface area (Å²) in [4.78, 5) is 13.8. The Balaban J connectivity index is 1.79. The molecule has 3 N–H and O–H groups in total. The van der Waals surface area contributed by atoms with Gasteiger partial charge in [-0.1, -0.05) is 68.9 Å². The normalized spacial score (nSPS) is 41.5. The molecule has 0 unspecified atom stereocenters. The van der Waals surface area contributed by atoms with E-state index in [1.165, 1.54) is 5.57 Å². The lowest BCUT2D eigenvalue weighted by Gasteiger charge is -2.47. The number of allylic oxidation sites excluding steroid dienone is 5. The van der Waals surface area contributed by atoms with Crippen LogP contribution < -0.4 is 5.32 Å². The van der Waals surface area contributed by atoms with Crippen LogP contribution in [0.25, 0.3) is 0 Å². The van der Waals surface area contributed by atoms with Crippen molar-refractivity contribution in [3.05, 3.63) is 65.8 Å². The summed E-state index contributed by atoms with van der Waals surface area (Å²) in [5.74, 6) is 1.10. The van der Waals surface area contributed by atoms with Gasteiger partial charge in [0.2, 0.25) is 5.91 Å². The average Bonchev–Trinajstić information content (AvgIpc) is 3.03. The standard InChI is InChI=1S/C28H37NO3/c1-17-6-5-7-22-15-19(3)20(4)26-24(16-21-9-11-23(30)12-10-21)29-27(32)28(22,26)25(31)13-8-18(2)14-17/h5,7-13,15,17-18,20,22,24-26,30-31H,6,14,16H2,1-4H3,(H,29,32)/b7-5+,13-8+/t17-,18+,20+,22-,24-,25+,26-,28+/m0/s1. The zero-order valence-corrected chi connectivity index (χ0v) is 19.7. The van der Waals surface area contributed by atoms with Crippen LogP contribution in [0.5, 0.6) is 5.75 Å². The van der Waals surface area contributed by atoms with Crippen molar-refractivity contribution in [3.63, 3.8) is 0 Å². The van der Waals surface area contributed by atoms with Crippen LogP contribution in [0.15, 0.2) is 60.2 Å². The number of hydrogen-bond acceptors (Lipinski definition) is 3. The van der Waals surface area contributed by atoms with Gasteiger partial charge in [0.1, 0.15) is 5.75 Å². The van der Waals surface area contributed by atoms with Gasteiger partial charge in [-0.3, -0.25) is 4.79 Å². The van der Waals surface area contributed by atoms with Crippen LogP contribution in [0, 0.1) is 35.0 Å². The summed E-state index contributed by atoms with van der Waals surface area (Å²) in [5, 5.41) is 24.6. The number of aromatic hydroxyl groups is 1. The van der Waals surface area contributed by atoms with Gasteiger partial charge in [0.05, 0.1) is 11.5 Å². The largest absolute Gasteiger partial charge is 0.508 e. The Hall–Kier alpha value is -2.33. The van der Waals surface area contributed by atoms with Gasteiger partial charge in [-0.05, 0) is 61.6 Å². The monoisotopic (exact) mass is 435 g/mol. The molecule has 0 radical (unpaired) electrons. The van der Waals surface area contributed by atoms with E-state index in [2.05, 4.69) is 57.3 Å². The molecule has 8 atom stereocenters. The van der Waals surface area contributed by atoms with Crippen molar-refractivity contribution in [1.82, 2.24) is 5.32 Å². The first-order valence-electron chi connectivity index (χ1n) is 12.0. The second-order valence-electron chi connectivity index (χ2n) is 10.4. The first kappa shape index (κ1) is 22.8. The summed E-state index contributed by atoms with van der Waals surface area (Å²) in [6.07, 6.45) is 12.5. The Morgan fingerprint density at radius 3 is 2.53 bits per heavy atom. The third-order valence-electron chi connectivity index (χ3n) is 8.11. The fraction of sp³-hybridized carbons (Fsp3) is 0.536. The number of phenolic OH excluding ortho intramolecular Hbond substituents is 1. The lowest BCUT2D eigenvalue weighted by Crippen LogP contribution is -2.53. The minimum absolute atomic E-state index is 0.0309. The van der Waals surface area contributed by atoms with Crippen LogP contribution in [0.4, 0.5) is 0 Å². The Bertz CT molecular complexity index is 931. The highest BCUT2D eigenvalue weighted by Gasteiger charge is 2.64. The maximum atomic E-state index is 13.8. The number of nitrogens with one attached hydrogen (secondary N) is 1. The molecule has 1 saturated heterocycles. The first-order chi connectivity index (χ1) is 15.2. The first-order valence-corrected chi connectivity index (χ1v) is 12.0. The van der Waals surface area contributed by atoms with Crippen LogP contribution in [0.1, 0.15) is 46.1 Å². The number of aliphatic hydroxyl groups is 1. The molecule has 2 aliphatic carbocycles. The molecule has 32 heavy (non-hydrogen) atoms. The second-order valence-corrected chi connectivity index (χ2v) is 10.4. The van der Waals surface area contributed by atoms with Crippen LogP contribution in [-0.2, 0) is 11.2 Å². The number of carbonyl (C=O) groups is 1. The fourth-order valence-electron chi connectivity index (χ4n) is 6.39. The van der Waals surface area contributed by atoms with E-state index in [0.29, 0.717) is 18.3 Å². The minimum atomic E-state index is -0.916. The van der Waals surface area contributed by atoms with Crippen molar-refractivity contribution in [3.8, 4) is 5.75 Å². The number of phenols is 1. The van der Waals surface area contributed by atoms with Gasteiger partial charge in [0, 0.05) is 17.9 Å². The Morgan fingerprint density at radius 1 is 1.09 bits per heavy atom. The number of aliphatic hydroxyl groups excluding tert-OH is 1. The second kappa shape index (κ2) is 8.90. The van der Waals surface area contributed by atoms with E-state index in [9.17, 15) is 15.0 Å². The van der Waals surface area contributed by atoms with Crippen molar-refractivity contribution in [2.24, 2.45) is 35.0 Å². The van der Waals surface area contributed by atoms with E-state index in [1.54, 1.807) is 12.1 Å². The lowest BCUT2D eigenvalue weighted by atomic mass is 9.54. The number of benzene rings is 1. The number of hydrogen-bond donors (Lipinski definition) is 3. The van der Waals surface area contributed by atoms with Crippen molar-refractivity contribution in [2.75, 3.05) is 0 Å². The predicted octanol–water partition coefficient (Wildman–Crippen LogP) is 4.79. The number of carbonyl (C=O) groups excluding carboxylic acids is 1. The van der Waals surface area contributed by atoms with Crippen molar-refractivity contribution >= 4 is 5.91 Å². The SMILES string of the molecule is CC1=C[C@@H]2/C=C/C[C@H](C)C[C@H](C)/C=C/[C@@H](O)[C@]23C(=O)N[C@@H](Cc2ccc(O)cc2)[C@@H]3[C@@H]1C. The molecule has 4 nitrogen and oxygen atoms in total. The van der Waals surface area contributed by atoms with Gasteiger partial charge in [0.25, 0.3) is 0 Å². The zero-order valence-electron chi connectivity index (χ0n) is 19.7. The highest BCUT2D eigenvalue weighted by Crippen LogP contribution is 2.56. The van der Waals surface area contributed by atoms with Gasteiger partial charge >= 0.3 is 0 Å². The van der Waals surface area contributed by atoms with Crippen molar-refractivity contribution < 1.29 is 15.0 Å². The van der Waals surface area contributed by atoms with Gasteiger partial charge in [-0.2, -0.15) is 0 Å². The molecule has 0 bridgehead atoms. The van der Waals surface area contributed by atoms with E-state index in [4.69, 9.17) is 0 Å². The summed E-state index contributed by atoms with van der Waals surface area (Å²) in [7, 11) is 0. The van der Waals surface area contributed by atoms with Crippen LogP contribution in [-0.4, -0.2) is 28.3 Å². The molecule has 0 aromatic heterocycles. The Kier molecular flexibility index (Phi) is 6.35. The highest BCUT2D eigenvalue weighted by atomic mass is 16.3. The maximum Gasteiger partial charge on any atom is 0.230 e.